The number of benzene rings is 1. The van der Waals surface area contributed by atoms with Gasteiger partial charge in [-0.05, 0) is 36.6 Å². The number of carbonyl (C=O) groups excluding carboxylic acids is 1. The standard InChI is InChI=1S/C25H29F3N6O2/c1-30-25(35)21-3-2-14(12-32-21)16-10-19(26)22(11-17(16)23(27)28)34-24(29)18-13-31-7-4-20(18)33-15-5-8-36-9-6-15/h2-3,10-12,15,23,31,33H,4-9,13H2,1H3,(H2,29,34)(H,30,35). The third-order valence-corrected chi connectivity index (χ3v) is 6.26. The molecule has 192 valence electrons. The van der Waals surface area contributed by atoms with E-state index in [1.165, 1.54) is 25.4 Å². The van der Waals surface area contributed by atoms with Gasteiger partial charge in [0.25, 0.3) is 12.3 Å². The van der Waals surface area contributed by atoms with E-state index in [-0.39, 0.29) is 34.4 Å². The number of carbonyl (C=O) groups is 1. The third-order valence-electron chi connectivity index (χ3n) is 6.26. The van der Waals surface area contributed by atoms with Gasteiger partial charge in [0, 0.05) is 74.4 Å². The molecule has 0 aliphatic carbocycles. The number of hydrogen-bond acceptors (Lipinski definition) is 6. The van der Waals surface area contributed by atoms with Crippen molar-refractivity contribution in [2.75, 3.05) is 33.4 Å². The van der Waals surface area contributed by atoms with Crippen molar-refractivity contribution in [1.82, 2.24) is 20.9 Å². The summed E-state index contributed by atoms with van der Waals surface area (Å²) in [7, 11) is 1.45. The first-order chi connectivity index (χ1) is 17.4. The highest BCUT2D eigenvalue weighted by Crippen LogP contribution is 2.36. The molecule has 3 heterocycles. The number of amides is 1. The fourth-order valence-electron chi connectivity index (χ4n) is 4.28. The monoisotopic (exact) mass is 502 g/mol. The lowest BCUT2D eigenvalue weighted by Crippen LogP contribution is -2.41. The molecule has 5 N–H and O–H groups in total. The van der Waals surface area contributed by atoms with E-state index < -0.39 is 23.7 Å². The summed E-state index contributed by atoms with van der Waals surface area (Å²) in [6.45, 7) is 2.56. The Hall–Kier alpha value is -3.44. The quantitative estimate of drug-likeness (QED) is 0.342. The van der Waals surface area contributed by atoms with E-state index in [9.17, 15) is 13.6 Å². The number of aliphatic imine (C=N–C) groups is 1. The minimum Gasteiger partial charge on any atom is -0.385 e. The van der Waals surface area contributed by atoms with Crippen molar-refractivity contribution in [3.63, 3.8) is 0 Å². The molecule has 0 bridgehead atoms. The van der Waals surface area contributed by atoms with Gasteiger partial charge in [0.15, 0.2) is 0 Å². The Morgan fingerprint density at radius 3 is 2.72 bits per heavy atom. The van der Waals surface area contributed by atoms with Gasteiger partial charge in [-0.25, -0.2) is 18.2 Å². The van der Waals surface area contributed by atoms with Crippen LogP contribution in [0.5, 0.6) is 0 Å². The fourth-order valence-corrected chi connectivity index (χ4v) is 4.28. The molecule has 2 aliphatic heterocycles. The average Bonchev–Trinajstić information content (AvgIpc) is 2.90. The highest BCUT2D eigenvalue weighted by Gasteiger charge is 2.22. The summed E-state index contributed by atoms with van der Waals surface area (Å²) in [4.78, 5) is 19.9. The van der Waals surface area contributed by atoms with Crippen molar-refractivity contribution in [2.45, 2.75) is 31.7 Å². The highest BCUT2D eigenvalue weighted by atomic mass is 19.3. The second kappa shape index (κ2) is 11.5. The van der Waals surface area contributed by atoms with Crippen LogP contribution < -0.4 is 21.7 Å². The minimum absolute atomic E-state index is 0.0311. The number of alkyl halides is 2. The topological polar surface area (TPSA) is 114 Å². The van der Waals surface area contributed by atoms with Crippen LogP contribution in [0.25, 0.3) is 11.1 Å². The van der Waals surface area contributed by atoms with Crippen LogP contribution in [0, 0.1) is 5.82 Å². The van der Waals surface area contributed by atoms with Gasteiger partial charge in [0.05, 0.1) is 0 Å². The first-order valence-corrected chi connectivity index (χ1v) is 11.8. The summed E-state index contributed by atoms with van der Waals surface area (Å²) in [6.07, 6.45) is 0.805. The van der Waals surface area contributed by atoms with Gasteiger partial charge in [-0.2, -0.15) is 0 Å². The predicted molar refractivity (Wildman–Crippen MR) is 131 cm³/mol. The maximum absolute atomic E-state index is 15.1. The van der Waals surface area contributed by atoms with Crippen LogP contribution in [0.4, 0.5) is 18.9 Å². The summed E-state index contributed by atoms with van der Waals surface area (Å²) >= 11 is 0. The molecule has 36 heavy (non-hydrogen) atoms. The zero-order chi connectivity index (χ0) is 25.7. The largest absolute Gasteiger partial charge is 0.385 e. The van der Waals surface area contributed by atoms with Crippen LogP contribution in [0.1, 0.15) is 41.7 Å². The Bertz CT molecular complexity index is 1160. The lowest BCUT2D eigenvalue weighted by molar-refractivity contribution is 0.0800. The highest BCUT2D eigenvalue weighted by molar-refractivity contribution is 6.00. The number of nitrogens with two attached hydrogens (primary N) is 1. The third kappa shape index (κ3) is 5.85. The van der Waals surface area contributed by atoms with E-state index in [0.29, 0.717) is 31.8 Å². The molecule has 1 amide bonds. The van der Waals surface area contributed by atoms with Crippen molar-refractivity contribution >= 4 is 17.4 Å². The van der Waals surface area contributed by atoms with Crippen LogP contribution in [0.3, 0.4) is 0 Å². The molecular weight excluding hydrogens is 473 g/mol. The van der Waals surface area contributed by atoms with Crippen LogP contribution in [-0.4, -0.2) is 56.1 Å². The van der Waals surface area contributed by atoms with Crippen LogP contribution in [-0.2, 0) is 4.74 Å². The molecular formula is C25H29F3N6O2. The maximum atomic E-state index is 15.1. The van der Waals surface area contributed by atoms with E-state index in [1.54, 1.807) is 0 Å². The second-order valence-electron chi connectivity index (χ2n) is 8.61. The summed E-state index contributed by atoms with van der Waals surface area (Å²) in [5, 5.41) is 9.17. The number of rotatable bonds is 7. The molecule has 11 heteroatoms. The Labute approximate surface area is 207 Å². The summed E-state index contributed by atoms with van der Waals surface area (Å²) in [5.41, 5.74) is 7.55. The summed E-state index contributed by atoms with van der Waals surface area (Å²) in [6, 6.07) is 5.10. The van der Waals surface area contributed by atoms with Gasteiger partial charge in [-0.15, -0.1) is 0 Å². The molecule has 4 rings (SSSR count). The van der Waals surface area contributed by atoms with E-state index in [0.717, 1.165) is 37.2 Å². The van der Waals surface area contributed by atoms with Gasteiger partial charge in [-0.1, -0.05) is 6.07 Å². The number of halogens is 3. The smallest absolute Gasteiger partial charge is 0.269 e. The molecule has 0 spiro atoms. The number of amidine groups is 1. The number of aromatic nitrogens is 1. The van der Waals surface area contributed by atoms with Gasteiger partial charge in [0.2, 0.25) is 0 Å². The molecule has 1 aromatic carbocycles. The zero-order valence-electron chi connectivity index (χ0n) is 19.9. The van der Waals surface area contributed by atoms with Gasteiger partial charge in [0.1, 0.15) is 23.0 Å². The maximum Gasteiger partial charge on any atom is 0.269 e. The van der Waals surface area contributed by atoms with Crippen LogP contribution in [0.2, 0.25) is 0 Å². The molecule has 1 aromatic heterocycles. The average molecular weight is 503 g/mol. The molecule has 1 fully saturated rings. The van der Waals surface area contributed by atoms with Crippen molar-refractivity contribution in [2.24, 2.45) is 10.7 Å². The number of nitrogens with zero attached hydrogens (tertiary/aromatic N) is 2. The second-order valence-corrected chi connectivity index (χ2v) is 8.61. The van der Waals surface area contributed by atoms with E-state index >= 15 is 4.39 Å². The van der Waals surface area contributed by atoms with Gasteiger partial charge >= 0.3 is 0 Å². The Morgan fingerprint density at radius 1 is 1.28 bits per heavy atom. The summed E-state index contributed by atoms with van der Waals surface area (Å²) in [5.74, 6) is -1.14. The van der Waals surface area contributed by atoms with Crippen molar-refractivity contribution in [3.05, 3.63) is 58.8 Å². The Balaban J connectivity index is 1.66. The molecule has 8 nitrogen and oxygen atoms in total. The lowest BCUT2D eigenvalue weighted by Gasteiger charge is -2.29. The van der Waals surface area contributed by atoms with Gasteiger partial charge in [-0.3, -0.25) is 9.78 Å². The first kappa shape index (κ1) is 25.6. The Kier molecular flexibility index (Phi) is 8.21. The molecule has 0 saturated carbocycles. The zero-order valence-corrected chi connectivity index (χ0v) is 19.9. The van der Waals surface area contributed by atoms with Crippen LogP contribution >= 0.6 is 0 Å². The van der Waals surface area contributed by atoms with Crippen molar-refractivity contribution in [3.8, 4) is 11.1 Å². The molecule has 0 atom stereocenters. The number of ether oxygens (including phenoxy) is 1. The van der Waals surface area contributed by atoms with Crippen molar-refractivity contribution < 1.29 is 22.7 Å². The van der Waals surface area contributed by atoms with Gasteiger partial charge < -0.3 is 26.4 Å². The first-order valence-electron chi connectivity index (χ1n) is 11.8. The van der Waals surface area contributed by atoms with E-state index in [1.807, 2.05) is 0 Å². The summed E-state index contributed by atoms with van der Waals surface area (Å²) < 4.78 is 48.4. The number of hydrogen-bond donors (Lipinski definition) is 4. The fraction of sp³-hybridized carbons (Fsp3) is 0.400. The molecule has 2 aromatic rings. The van der Waals surface area contributed by atoms with E-state index in [4.69, 9.17) is 10.5 Å². The molecule has 0 radical (unpaired) electrons. The predicted octanol–water partition coefficient (Wildman–Crippen LogP) is 3.19. The Morgan fingerprint density at radius 2 is 2.06 bits per heavy atom. The number of pyridine rings is 1. The molecule has 2 aliphatic rings. The lowest BCUT2D eigenvalue weighted by atomic mass is 9.99. The normalized spacial score (nSPS) is 17.4. The van der Waals surface area contributed by atoms with Crippen LogP contribution in [0.15, 0.2) is 46.7 Å². The van der Waals surface area contributed by atoms with E-state index in [2.05, 4.69) is 25.9 Å². The molecule has 0 unspecified atom stereocenters. The number of nitrogens with one attached hydrogen (secondary N) is 3. The SMILES string of the molecule is CNC(=O)c1ccc(-c2cc(F)c(N=C(N)C3=C(NC4CCOCC4)CCNC3)cc2C(F)F)cn1. The minimum atomic E-state index is -2.89. The molecule has 1 saturated heterocycles. The van der Waals surface area contributed by atoms with Crippen molar-refractivity contribution in [1.29, 1.82) is 0 Å².